The van der Waals surface area contributed by atoms with Crippen LogP contribution in [0.5, 0.6) is 0 Å². The number of aromatic nitrogens is 1. The first-order valence-electron chi connectivity index (χ1n) is 7.65. The Morgan fingerprint density at radius 1 is 1.08 bits per heavy atom. The fourth-order valence-electron chi connectivity index (χ4n) is 2.40. The molecular weight excluding hydrogens is 384 g/mol. The highest BCUT2D eigenvalue weighted by molar-refractivity contribution is 9.10. The average molecular weight is 399 g/mol. The molecule has 0 amide bonds. The maximum atomic E-state index is 11.7. The van der Waals surface area contributed by atoms with E-state index in [0.29, 0.717) is 16.3 Å². The number of oxazole rings is 1. The van der Waals surface area contributed by atoms with Gasteiger partial charge in [0, 0.05) is 11.1 Å². The summed E-state index contributed by atoms with van der Waals surface area (Å²) in [4.78, 5) is 20.3. The van der Waals surface area contributed by atoms with E-state index < -0.39 is 12.0 Å². The van der Waals surface area contributed by atoms with E-state index in [9.17, 15) is 9.90 Å². The lowest BCUT2D eigenvalue weighted by atomic mass is 10.0. The highest BCUT2D eigenvalue weighted by Gasteiger charge is 2.21. The molecule has 1 heterocycles. The van der Waals surface area contributed by atoms with Crippen molar-refractivity contribution in [2.24, 2.45) is 4.99 Å². The average Bonchev–Trinajstić information content (AvgIpc) is 3.05. The van der Waals surface area contributed by atoms with Crippen molar-refractivity contribution in [3.8, 4) is 0 Å². The van der Waals surface area contributed by atoms with Gasteiger partial charge >= 0.3 is 5.97 Å². The van der Waals surface area contributed by atoms with Gasteiger partial charge in [0.05, 0.1) is 18.3 Å². The van der Waals surface area contributed by atoms with Crippen molar-refractivity contribution in [2.75, 3.05) is 0 Å². The molecule has 25 heavy (non-hydrogen) atoms. The van der Waals surface area contributed by atoms with E-state index in [1.165, 1.54) is 6.20 Å². The zero-order valence-electron chi connectivity index (χ0n) is 13.2. The molecule has 3 aromatic rings. The SMILES string of the molecule is O=C(O)[C@H](Cc1ncc(Br)o1)N=C(c1ccccc1)c1ccccc1. The molecule has 0 bridgehead atoms. The van der Waals surface area contributed by atoms with Crippen LogP contribution in [0, 0.1) is 0 Å². The second kappa shape index (κ2) is 7.90. The maximum absolute atomic E-state index is 11.7. The minimum absolute atomic E-state index is 0.0735. The van der Waals surface area contributed by atoms with Crippen molar-refractivity contribution in [3.63, 3.8) is 0 Å². The van der Waals surface area contributed by atoms with Gasteiger partial charge < -0.3 is 9.52 Å². The lowest BCUT2D eigenvalue weighted by Crippen LogP contribution is -2.23. The summed E-state index contributed by atoms with van der Waals surface area (Å²) in [6.45, 7) is 0. The van der Waals surface area contributed by atoms with Crippen LogP contribution < -0.4 is 0 Å². The predicted molar refractivity (Wildman–Crippen MR) is 97.9 cm³/mol. The molecule has 0 saturated heterocycles. The number of carboxylic acids is 1. The maximum Gasteiger partial charge on any atom is 0.328 e. The number of carbonyl (C=O) groups is 1. The Labute approximate surface area is 153 Å². The molecular formula is C19H15BrN2O3. The summed E-state index contributed by atoms with van der Waals surface area (Å²) < 4.78 is 5.79. The molecule has 0 unspecified atom stereocenters. The molecule has 3 rings (SSSR count). The highest BCUT2D eigenvalue weighted by atomic mass is 79.9. The van der Waals surface area contributed by atoms with E-state index >= 15 is 0 Å². The van der Waals surface area contributed by atoms with E-state index in [-0.39, 0.29) is 6.42 Å². The highest BCUT2D eigenvalue weighted by Crippen LogP contribution is 2.16. The van der Waals surface area contributed by atoms with E-state index in [1.54, 1.807) is 0 Å². The zero-order valence-corrected chi connectivity index (χ0v) is 14.8. The van der Waals surface area contributed by atoms with Crippen LogP contribution in [0.4, 0.5) is 0 Å². The molecule has 0 aliphatic rings. The Kier molecular flexibility index (Phi) is 5.40. The first-order valence-corrected chi connectivity index (χ1v) is 8.44. The van der Waals surface area contributed by atoms with Crippen LogP contribution in [0.25, 0.3) is 0 Å². The molecule has 0 radical (unpaired) electrons. The second-order valence-electron chi connectivity index (χ2n) is 5.33. The van der Waals surface area contributed by atoms with Crippen molar-refractivity contribution in [1.29, 1.82) is 0 Å². The standard InChI is InChI=1S/C19H15BrN2O3/c20-16-12-21-17(25-16)11-15(19(23)24)22-18(13-7-3-1-4-8-13)14-9-5-2-6-10-14/h1-10,12,15H,11H2,(H,23,24)/t15-/m0/s1. The molecule has 126 valence electrons. The number of benzene rings is 2. The summed E-state index contributed by atoms with van der Waals surface area (Å²) in [7, 11) is 0. The molecule has 1 aromatic heterocycles. The largest absolute Gasteiger partial charge is 0.480 e. The number of nitrogens with zero attached hydrogens (tertiary/aromatic N) is 2. The quantitative estimate of drug-likeness (QED) is 0.637. The monoisotopic (exact) mass is 398 g/mol. The number of halogens is 1. The number of hydrogen-bond acceptors (Lipinski definition) is 4. The van der Waals surface area contributed by atoms with Crippen LogP contribution in [0.1, 0.15) is 17.0 Å². The predicted octanol–water partition coefficient (Wildman–Crippen LogP) is 3.97. The van der Waals surface area contributed by atoms with Gasteiger partial charge in [0.15, 0.2) is 16.6 Å². The topological polar surface area (TPSA) is 75.7 Å². The number of carboxylic acid groups (broad SMARTS) is 1. The number of aliphatic carboxylic acids is 1. The van der Waals surface area contributed by atoms with Gasteiger partial charge in [0.1, 0.15) is 0 Å². The molecule has 1 atom stereocenters. The zero-order chi connectivity index (χ0) is 17.6. The van der Waals surface area contributed by atoms with Gasteiger partial charge in [-0.1, -0.05) is 60.7 Å². The minimum Gasteiger partial charge on any atom is -0.480 e. The van der Waals surface area contributed by atoms with Gasteiger partial charge in [-0.3, -0.25) is 4.99 Å². The Balaban J connectivity index is 2.01. The molecule has 1 N–H and O–H groups in total. The third-order valence-corrected chi connectivity index (χ3v) is 3.92. The Bertz CT molecular complexity index is 834. The number of hydrogen-bond donors (Lipinski definition) is 1. The third-order valence-electron chi connectivity index (χ3n) is 3.56. The Morgan fingerprint density at radius 3 is 2.08 bits per heavy atom. The summed E-state index contributed by atoms with van der Waals surface area (Å²) >= 11 is 3.17. The molecule has 0 aliphatic carbocycles. The van der Waals surface area contributed by atoms with Crippen LogP contribution in [0.15, 0.2) is 80.9 Å². The molecule has 0 fully saturated rings. The van der Waals surface area contributed by atoms with Gasteiger partial charge in [-0.2, -0.15) is 0 Å². The fourth-order valence-corrected chi connectivity index (χ4v) is 2.69. The Morgan fingerprint density at radius 2 is 1.64 bits per heavy atom. The molecule has 5 nitrogen and oxygen atoms in total. The van der Waals surface area contributed by atoms with E-state index in [2.05, 4.69) is 25.9 Å². The van der Waals surface area contributed by atoms with Crippen molar-refractivity contribution in [1.82, 2.24) is 4.98 Å². The lowest BCUT2D eigenvalue weighted by molar-refractivity contribution is -0.138. The van der Waals surface area contributed by atoms with Crippen LogP contribution in [-0.4, -0.2) is 27.8 Å². The summed E-state index contributed by atoms with van der Waals surface area (Å²) in [6, 6.07) is 18.0. The Hall–Kier alpha value is -2.73. The normalized spacial score (nSPS) is 11.7. The number of aliphatic imine (C=N–C) groups is 1. The van der Waals surface area contributed by atoms with Crippen molar-refractivity contribution < 1.29 is 14.3 Å². The third kappa shape index (κ3) is 4.42. The van der Waals surface area contributed by atoms with Gasteiger partial charge in [-0.15, -0.1) is 0 Å². The smallest absolute Gasteiger partial charge is 0.328 e. The first-order chi connectivity index (χ1) is 12.1. The van der Waals surface area contributed by atoms with Crippen LogP contribution in [0.2, 0.25) is 0 Å². The second-order valence-corrected chi connectivity index (χ2v) is 6.11. The summed E-state index contributed by atoms with van der Waals surface area (Å²) in [5.41, 5.74) is 2.33. The van der Waals surface area contributed by atoms with Crippen LogP contribution in [-0.2, 0) is 11.2 Å². The summed E-state index contributed by atoms with van der Waals surface area (Å²) in [5, 5.41) is 9.60. The van der Waals surface area contributed by atoms with E-state index in [1.807, 2.05) is 60.7 Å². The number of rotatable bonds is 6. The van der Waals surface area contributed by atoms with E-state index in [0.717, 1.165) is 11.1 Å². The van der Waals surface area contributed by atoms with Gasteiger partial charge in [-0.05, 0) is 15.9 Å². The lowest BCUT2D eigenvalue weighted by Gasteiger charge is -2.11. The minimum atomic E-state index is -1.03. The van der Waals surface area contributed by atoms with Crippen LogP contribution >= 0.6 is 15.9 Å². The van der Waals surface area contributed by atoms with Gasteiger partial charge in [0.25, 0.3) is 0 Å². The van der Waals surface area contributed by atoms with Crippen molar-refractivity contribution >= 4 is 27.6 Å². The van der Waals surface area contributed by atoms with Gasteiger partial charge in [0.2, 0.25) is 0 Å². The summed E-state index contributed by atoms with van der Waals surface area (Å²) in [5.74, 6) is -0.706. The van der Waals surface area contributed by atoms with Crippen molar-refractivity contribution in [3.05, 3.63) is 88.5 Å². The molecule has 0 spiro atoms. The summed E-state index contributed by atoms with van der Waals surface area (Å²) in [6.07, 6.45) is 1.57. The van der Waals surface area contributed by atoms with Crippen molar-refractivity contribution in [2.45, 2.75) is 12.5 Å². The van der Waals surface area contributed by atoms with Gasteiger partial charge in [-0.25, -0.2) is 9.78 Å². The van der Waals surface area contributed by atoms with Crippen LogP contribution in [0.3, 0.4) is 0 Å². The molecule has 0 aliphatic heterocycles. The first kappa shape index (κ1) is 17.1. The molecule has 6 heteroatoms. The molecule has 2 aromatic carbocycles. The molecule has 0 saturated carbocycles. The van der Waals surface area contributed by atoms with E-state index in [4.69, 9.17) is 4.42 Å². The fraction of sp³-hybridized carbons (Fsp3) is 0.105.